The maximum Gasteiger partial charge on any atom is 0.371 e. The van der Waals surface area contributed by atoms with Crippen LogP contribution in [0.5, 0.6) is 0 Å². The number of halogens is 1. The lowest BCUT2D eigenvalue weighted by Gasteiger charge is -2.37. The molecule has 218 valence electrons. The Morgan fingerprint density at radius 3 is 2.42 bits per heavy atom. The third-order valence-corrected chi connectivity index (χ3v) is 10.1. The number of methoxy groups -OCH3 is 1. The number of ether oxygens (including phenoxy) is 1. The molecular formula is C32H42FNO6. The Labute approximate surface area is 235 Å². The van der Waals surface area contributed by atoms with Gasteiger partial charge in [-0.3, -0.25) is 14.0 Å². The van der Waals surface area contributed by atoms with Crippen molar-refractivity contribution in [2.24, 2.45) is 29.6 Å². The number of hydrogen-bond acceptors (Lipinski definition) is 5. The zero-order chi connectivity index (χ0) is 28.4. The molecule has 0 bridgehead atoms. The van der Waals surface area contributed by atoms with Gasteiger partial charge in [-0.25, -0.2) is 4.79 Å². The number of rotatable bonds is 9. The van der Waals surface area contributed by atoms with Crippen LogP contribution in [0.1, 0.15) is 80.8 Å². The molecule has 0 unspecified atom stereocenters. The highest BCUT2D eigenvalue weighted by Crippen LogP contribution is 2.42. The van der Waals surface area contributed by atoms with Gasteiger partial charge in [-0.05, 0) is 105 Å². The fourth-order valence-corrected chi connectivity index (χ4v) is 7.63. The van der Waals surface area contributed by atoms with Crippen molar-refractivity contribution in [3.8, 4) is 0 Å². The maximum atomic E-state index is 14.0. The van der Waals surface area contributed by atoms with Crippen LogP contribution in [0.4, 0.5) is 4.39 Å². The monoisotopic (exact) mass is 555 g/mol. The number of amides is 1. The predicted molar refractivity (Wildman–Crippen MR) is 149 cm³/mol. The van der Waals surface area contributed by atoms with Gasteiger partial charge in [-0.15, -0.1) is 0 Å². The number of furan rings is 1. The number of carboxylic acid groups (broad SMARTS) is 1. The van der Waals surface area contributed by atoms with Crippen molar-refractivity contribution in [3.05, 3.63) is 35.6 Å². The van der Waals surface area contributed by atoms with Crippen molar-refractivity contribution in [3.63, 3.8) is 0 Å². The highest BCUT2D eigenvalue weighted by atomic mass is 19.1. The highest BCUT2D eigenvalue weighted by molar-refractivity contribution is 5.94. The van der Waals surface area contributed by atoms with Gasteiger partial charge in [0.1, 0.15) is 5.58 Å². The summed E-state index contributed by atoms with van der Waals surface area (Å²) in [6.45, 7) is 2.24. The van der Waals surface area contributed by atoms with Crippen LogP contribution < -0.4 is 0 Å². The van der Waals surface area contributed by atoms with E-state index in [-0.39, 0.29) is 54.4 Å². The molecule has 2 aliphatic carbocycles. The molecule has 1 amide bonds. The maximum absolute atomic E-state index is 14.0. The Balaban J connectivity index is 1.34. The number of aromatic carboxylic acids is 1. The van der Waals surface area contributed by atoms with Gasteiger partial charge in [0.2, 0.25) is 11.7 Å². The van der Waals surface area contributed by atoms with Crippen molar-refractivity contribution in [1.82, 2.24) is 4.90 Å². The summed E-state index contributed by atoms with van der Waals surface area (Å²) in [4.78, 5) is 41.1. The molecule has 1 aromatic carbocycles. The SMILES string of the molecule is COC1CCC([C@@H]2CCN(C(=O)C3CCC([C@H](C)CF)CC3)[C@@H]2C(=O)Cc2ccc3oc(C(=O)O)cc3c2)CC1. The van der Waals surface area contributed by atoms with E-state index < -0.39 is 12.0 Å². The van der Waals surface area contributed by atoms with Crippen molar-refractivity contribution < 1.29 is 33.0 Å². The second-order valence-corrected chi connectivity index (χ2v) is 12.4. The minimum Gasteiger partial charge on any atom is -0.475 e. The normalized spacial score (nSPS) is 29.9. The predicted octanol–water partition coefficient (Wildman–Crippen LogP) is 6.08. The van der Waals surface area contributed by atoms with Crippen molar-refractivity contribution >= 4 is 28.6 Å². The highest BCUT2D eigenvalue weighted by Gasteiger charge is 2.47. The van der Waals surface area contributed by atoms with E-state index in [9.17, 15) is 23.9 Å². The first-order valence-electron chi connectivity index (χ1n) is 15.0. The fourth-order valence-electron chi connectivity index (χ4n) is 7.63. The van der Waals surface area contributed by atoms with Crippen molar-refractivity contribution in [2.75, 3.05) is 20.3 Å². The average molecular weight is 556 g/mol. The molecule has 5 rings (SSSR count). The van der Waals surface area contributed by atoms with E-state index in [0.717, 1.165) is 63.4 Å². The number of hydrogen-bond donors (Lipinski definition) is 1. The number of fused-ring (bicyclic) bond motifs is 1. The quantitative estimate of drug-likeness (QED) is 0.403. The Kier molecular flexibility index (Phi) is 8.93. The number of carbonyl (C=O) groups is 3. The number of likely N-dealkylation sites (tertiary alicyclic amines) is 1. The van der Waals surface area contributed by atoms with E-state index in [1.165, 1.54) is 6.07 Å². The Morgan fingerprint density at radius 1 is 1.05 bits per heavy atom. The molecule has 2 heterocycles. The van der Waals surface area contributed by atoms with Crippen LogP contribution in [-0.2, 0) is 20.7 Å². The number of alkyl halides is 1. The molecule has 7 nitrogen and oxygen atoms in total. The van der Waals surface area contributed by atoms with Gasteiger partial charge in [0, 0.05) is 31.4 Å². The van der Waals surface area contributed by atoms with Crippen LogP contribution in [0.3, 0.4) is 0 Å². The molecule has 0 radical (unpaired) electrons. The molecule has 3 aliphatic rings. The number of carboxylic acids is 1. The average Bonchev–Trinajstić information content (AvgIpc) is 3.61. The Bertz CT molecular complexity index is 1210. The molecule has 3 atom stereocenters. The van der Waals surface area contributed by atoms with Gasteiger partial charge in [0.05, 0.1) is 18.8 Å². The third-order valence-electron chi connectivity index (χ3n) is 10.1. The van der Waals surface area contributed by atoms with E-state index in [1.807, 2.05) is 24.0 Å². The van der Waals surface area contributed by atoms with Crippen LogP contribution >= 0.6 is 0 Å². The molecule has 1 aliphatic heterocycles. The summed E-state index contributed by atoms with van der Waals surface area (Å²) >= 11 is 0. The van der Waals surface area contributed by atoms with Crippen molar-refractivity contribution in [1.29, 1.82) is 0 Å². The molecule has 8 heteroatoms. The lowest BCUT2D eigenvalue weighted by molar-refractivity contribution is -0.143. The zero-order valence-corrected chi connectivity index (χ0v) is 23.6. The molecule has 1 aromatic heterocycles. The lowest BCUT2D eigenvalue weighted by atomic mass is 9.74. The summed E-state index contributed by atoms with van der Waals surface area (Å²) in [6.07, 6.45) is 8.49. The van der Waals surface area contributed by atoms with Gasteiger partial charge < -0.3 is 19.2 Å². The second kappa shape index (κ2) is 12.4. The van der Waals surface area contributed by atoms with E-state index in [4.69, 9.17) is 9.15 Å². The first-order chi connectivity index (χ1) is 19.3. The summed E-state index contributed by atoms with van der Waals surface area (Å²) in [5.41, 5.74) is 1.26. The van der Waals surface area contributed by atoms with Crippen LogP contribution in [0, 0.1) is 29.6 Å². The van der Waals surface area contributed by atoms with E-state index in [0.29, 0.717) is 29.3 Å². The minimum absolute atomic E-state index is 0.0305. The standard InChI is InChI=1S/C32H42FNO6/c1-19(18-33)21-4-6-23(7-5-21)31(36)34-14-13-26(22-8-10-25(39-2)11-9-22)30(34)27(35)16-20-3-12-28-24(15-20)17-29(40-28)32(37)38/h3,12,15,17,19,21-23,25-26,30H,4-11,13-14,16,18H2,1-2H3,(H,37,38)/t19-,21?,22?,23?,25?,26+,30+/m1/s1. The number of Topliss-reactive ketones (excluding diaryl/α,β-unsaturated/α-hetero) is 1. The largest absolute Gasteiger partial charge is 0.475 e. The summed E-state index contributed by atoms with van der Waals surface area (Å²) in [5, 5.41) is 9.91. The van der Waals surface area contributed by atoms with E-state index in [1.54, 1.807) is 13.2 Å². The fraction of sp³-hybridized carbons (Fsp3) is 0.656. The molecule has 1 saturated heterocycles. The summed E-state index contributed by atoms with van der Waals surface area (Å²) in [6, 6.07) is 6.36. The van der Waals surface area contributed by atoms with Gasteiger partial charge in [0.15, 0.2) is 5.78 Å². The van der Waals surface area contributed by atoms with Gasteiger partial charge in [0.25, 0.3) is 0 Å². The van der Waals surface area contributed by atoms with E-state index in [2.05, 4.69) is 0 Å². The number of nitrogens with zero attached hydrogens (tertiary/aromatic N) is 1. The van der Waals surface area contributed by atoms with Gasteiger partial charge in [-0.1, -0.05) is 13.0 Å². The molecule has 2 aromatic rings. The topological polar surface area (TPSA) is 97.0 Å². The summed E-state index contributed by atoms with van der Waals surface area (Å²) in [5.74, 6) is -0.349. The summed E-state index contributed by atoms with van der Waals surface area (Å²) < 4.78 is 24.2. The van der Waals surface area contributed by atoms with Gasteiger partial charge in [-0.2, -0.15) is 0 Å². The second-order valence-electron chi connectivity index (χ2n) is 12.4. The van der Waals surface area contributed by atoms with Gasteiger partial charge >= 0.3 is 5.97 Å². The number of benzene rings is 1. The first-order valence-corrected chi connectivity index (χ1v) is 15.0. The number of carbonyl (C=O) groups excluding carboxylic acids is 2. The first kappa shape index (κ1) is 28.8. The number of ketones is 1. The molecule has 2 saturated carbocycles. The minimum atomic E-state index is -1.13. The zero-order valence-electron chi connectivity index (χ0n) is 23.6. The Hall–Kier alpha value is -2.74. The molecule has 0 spiro atoms. The van der Waals surface area contributed by atoms with Crippen LogP contribution in [0.15, 0.2) is 28.7 Å². The third kappa shape index (κ3) is 5.97. The Morgan fingerprint density at radius 2 is 1.77 bits per heavy atom. The molecule has 3 fully saturated rings. The molecule has 40 heavy (non-hydrogen) atoms. The summed E-state index contributed by atoms with van der Waals surface area (Å²) in [7, 11) is 1.76. The molecular weight excluding hydrogens is 513 g/mol. The van der Waals surface area contributed by atoms with Crippen LogP contribution in [-0.4, -0.2) is 60.1 Å². The van der Waals surface area contributed by atoms with Crippen LogP contribution in [0.2, 0.25) is 0 Å². The smallest absolute Gasteiger partial charge is 0.371 e. The van der Waals surface area contributed by atoms with Crippen molar-refractivity contribution in [2.45, 2.75) is 83.3 Å². The van der Waals surface area contributed by atoms with Crippen LogP contribution in [0.25, 0.3) is 11.0 Å². The lowest BCUT2D eigenvalue weighted by Crippen LogP contribution is -2.48. The van der Waals surface area contributed by atoms with E-state index >= 15 is 0 Å². The molecule has 1 N–H and O–H groups in total.